The van der Waals surface area contributed by atoms with Crippen molar-refractivity contribution in [1.82, 2.24) is 15.0 Å². The number of ether oxygens (including phenoxy) is 2. The topological polar surface area (TPSA) is 129 Å². The van der Waals surface area contributed by atoms with Gasteiger partial charge in [0.15, 0.2) is 0 Å². The van der Waals surface area contributed by atoms with E-state index in [4.69, 9.17) is 4.74 Å². The summed E-state index contributed by atoms with van der Waals surface area (Å²) in [5, 5.41) is 10.8. The first-order chi connectivity index (χ1) is 14.9. The summed E-state index contributed by atoms with van der Waals surface area (Å²) in [5.41, 5.74) is 0.151. The fraction of sp³-hybridized carbons (Fsp3) is 0.238. The van der Waals surface area contributed by atoms with Crippen molar-refractivity contribution in [3.63, 3.8) is 0 Å². The summed E-state index contributed by atoms with van der Waals surface area (Å²) in [6.07, 6.45) is 0.225. The van der Waals surface area contributed by atoms with E-state index in [2.05, 4.69) is 20.4 Å². The average Bonchev–Trinajstić information content (AvgIpc) is 2.80. The maximum Gasteiger partial charge on any atom is 0.339 e. The van der Waals surface area contributed by atoms with E-state index in [-0.39, 0.29) is 23.2 Å². The molecule has 1 N–H and O–H groups in total. The minimum atomic E-state index is -1.00. The van der Waals surface area contributed by atoms with Crippen molar-refractivity contribution < 1.29 is 23.9 Å². The normalized spacial score (nSPS) is 11.6. The molecule has 160 valence electrons. The third-order valence-corrected chi connectivity index (χ3v) is 4.68. The van der Waals surface area contributed by atoms with Crippen molar-refractivity contribution in [2.24, 2.45) is 0 Å². The molecule has 0 bridgehead atoms. The summed E-state index contributed by atoms with van der Waals surface area (Å²) >= 11 is 0. The van der Waals surface area contributed by atoms with Crippen molar-refractivity contribution in [2.75, 3.05) is 19.5 Å². The van der Waals surface area contributed by atoms with Gasteiger partial charge in [-0.05, 0) is 36.8 Å². The quantitative estimate of drug-likeness (QED) is 0.595. The van der Waals surface area contributed by atoms with Crippen molar-refractivity contribution in [3.8, 4) is 0 Å². The summed E-state index contributed by atoms with van der Waals surface area (Å²) in [4.78, 5) is 49.9. The molecule has 1 aromatic heterocycles. The van der Waals surface area contributed by atoms with Crippen LogP contribution in [0, 0.1) is 0 Å². The molecule has 3 aromatic rings. The first-order valence-electron chi connectivity index (χ1n) is 9.37. The lowest BCUT2D eigenvalue weighted by atomic mass is 10.1. The molecule has 0 aliphatic rings. The number of anilines is 1. The van der Waals surface area contributed by atoms with Crippen LogP contribution < -0.4 is 10.9 Å². The van der Waals surface area contributed by atoms with Crippen LogP contribution >= 0.6 is 0 Å². The average molecular weight is 424 g/mol. The molecule has 1 atom stereocenters. The van der Waals surface area contributed by atoms with Crippen LogP contribution in [-0.2, 0) is 14.3 Å². The van der Waals surface area contributed by atoms with Crippen LogP contribution in [0.4, 0.5) is 5.69 Å². The summed E-state index contributed by atoms with van der Waals surface area (Å²) in [7, 11) is 2.41. The fourth-order valence-corrected chi connectivity index (χ4v) is 3.07. The second kappa shape index (κ2) is 9.16. The van der Waals surface area contributed by atoms with Crippen LogP contribution in [0.5, 0.6) is 0 Å². The van der Waals surface area contributed by atoms with E-state index in [0.717, 1.165) is 4.68 Å². The predicted molar refractivity (Wildman–Crippen MR) is 111 cm³/mol. The molecule has 0 spiro atoms. The van der Waals surface area contributed by atoms with E-state index in [0.29, 0.717) is 10.9 Å². The van der Waals surface area contributed by atoms with Gasteiger partial charge in [0.25, 0.3) is 5.56 Å². The Hall–Kier alpha value is -4.08. The molecule has 10 nitrogen and oxygen atoms in total. The van der Waals surface area contributed by atoms with Gasteiger partial charge in [-0.3, -0.25) is 9.59 Å². The lowest BCUT2D eigenvalue weighted by Gasteiger charge is -2.18. The Morgan fingerprint density at radius 3 is 2.45 bits per heavy atom. The molecule has 0 aliphatic carbocycles. The minimum Gasteiger partial charge on any atom is -0.465 e. The smallest absolute Gasteiger partial charge is 0.339 e. The Balaban J connectivity index is 2.01. The number of fused-ring (bicyclic) bond motifs is 1. The molecule has 0 radical (unpaired) electrons. The van der Waals surface area contributed by atoms with Crippen LogP contribution in [-0.4, -0.2) is 47.1 Å². The number of aromatic nitrogens is 3. The van der Waals surface area contributed by atoms with E-state index >= 15 is 0 Å². The van der Waals surface area contributed by atoms with E-state index in [9.17, 15) is 19.2 Å². The van der Waals surface area contributed by atoms with Crippen LogP contribution in [0.2, 0.25) is 0 Å². The zero-order chi connectivity index (χ0) is 22.5. The third kappa shape index (κ3) is 4.27. The molecular formula is C21H20N4O6. The number of nitrogens with one attached hydrogen (secondary N) is 1. The fourth-order valence-electron chi connectivity index (χ4n) is 3.07. The van der Waals surface area contributed by atoms with Gasteiger partial charge in [0.1, 0.15) is 11.6 Å². The molecular weight excluding hydrogens is 404 g/mol. The van der Waals surface area contributed by atoms with E-state index in [1.807, 2.05) is 0 Å². The zero-order valence-corrected chi connectivity index (χ0v) is 17.1. The van der Waals surface area contributed by atoms with E-state index in [1.165, 1.54) is 32.4 Å². The second-order valence-electron chi connectivity index (χ2n) is 6.51. The first-order valence-corrected chi connectivity index (χ1v) is 9.37. The van der Waals surface area contributed by atoms with Gasteiger partial charge in [-0.25, -0.2) is 9.59 Å². The molecule has 0 fully saturated rings. The highest BCUT2D eigenvalue weighted by Crippen LogP contribution is 2.22. The van der Waals surface area contributed by atoms with Gasteiger partial charge in [-0.15, -0.1) is 5.10 Å². The number of nitrogens with zero attached hydrogens (tertiary/aromatic N) is 3. The van der Waals surface area contributed by atoms with Gasteiger partial charge in [0.05, 0.1) is 36.4 Å². The summed E-state index contributed by atoms with van der Waals surface area (Å²) in [5.74, 6) is -1.96. The standard InChI is InChI=1S/C21H20N4O6/c1-4-17(25-19(27)13-7-5-6-8-15(13)23-24-25)18(26)22-16-11-12(20(28)30-2)9-10-14(16)21(29)31-3/h5-11,17H,4H2,1-3H3,(H,22,26). The number of hydrogen-bond acceptors (Lipinski definition) is 8. The monoisotopic (exact) mass is 424 g/mol. The van der Waals surface area contributed by atoms with Crippen LogP contribution in [0.1, 0.15) is 40.1 Å². The van der Waals surface area contributed by atoms with Crippen molar-refractivity contribution in [3.05, 3.63) is 63.9 Å². The summed E-state index contributed by atoms with van der Waals surface area (Å²) in [6.45, 7) is 1.71. The molecule has 1 unspecified atom stereocenters. The lowest BCUT2D eigenvalue weighted by molar-refractivity contribution is -0.119. The molecule has 10 heteroatoms. The molecule has 0 saturated heterocycles. The SMILES string of the molecule is CCC(C(=O)Nc1cc(C(=O)OC)ccc1C(=O)OC)n1nnc2ccccc2c1=O. The Morgan fingerprint density at radius 2 is 1.77 bits per heavy atom. The highest BCUT2D eigenvalue weighted by Gasteiger charge is 2.25. The number of hydrogen-bond donors (Lipinski definition) is 1. The van der Waals surface area contributed by atoms with E-state index in [1.54, 1.807) is 31.2 Å². The molecule has 1 heterocycles. The maximum absolute atomic E-state index is 13.0. The highest BCUT2D eigenvalue weighted by atomic mass is 16.5. The number of carbonyl (C=O) groups excluding carboxylic acids is 3. The van der Waals surface area contributed by atoms with Gasteiger partial charge >= 0.3 is 11.9 Å². The van der Waals surface area contributed by atoms with Gasteiger partial charge in [0.2, 0.25) is 5.91 Å². The van der Waals surface area contributed by atoms with Gasteiger partial charge in [-0.1, -0.05) is 24.3 Å². The second-order valence-corrected chi connectivity index (χ2v) is 6.51. The first kappa shape index (κ1) is 21.6. The van der Waals surface area contributed by atoms with Gasteiger partial charge < -0.3 is 14.8 Å². The Labute approximate surface area is 176 Å². The summed E-state index contributed by atoms with van der Waals surface area (Å²) in [6, 6.07) is 9.69. The highest BCUT2D eigenvalue weighted by molar-refractivity contribution is 6.04. The zero-order valence-electron chi connectivity index (χ0n) is 17.1. The summed E-state index contributed by atoms with van der Waals surface area (Å²) < 4.78 is 10.4. The Kier molecular flexibility index (Phi) is 6.39. The van der Waals surface area contributed by atoms with Crippen LogP contribution in [0.15, 0.2) is 47.3 Å². The predicted octanol–water partition coefficient (Wildman–Crippen LogP) is 1.95. The number of esters is 2. The molecule has 31 heavy (non-hydrogen) atoms. The molecule has 3 rings (SSSR count). The molecule has 2 aromatic carbocycles. The Bertz CT molecular complexity index is 1220. The Morgan fingerprint density at radius 1 is 1.06 bits per heavy atom. The van der Waals surface area contributed by atoms with Gasteiger partial charge in [0, 0.05) is 0 Å². The number of benzene rings is 2. The number of methoxy groups -OCH3 is 2. The van der Waals surface area contributed by atoms with Crippen molar-refractivity contribution in [2.45, 2.75) is 19.4 Å². The minimum absolute atomic E-state index is 0.0373. The largest absolute Gasteiger partial charge is 0.465 e. The van der Waals surface area contributed by atoms with E-state index < -0.39 is 29.4 Å². The van der Waals surface area contributed by atoms with Crippen LogP contribution in [0.3, 0.4) is 0 Å². The van der Waals surface area contributed by atoms with Crippen molar-refractivity contribution in [1.29, 1.82) is 0 Å². The number of carbonyl (C=O) groups is 3. The van der Waals surface area contributed by atoms with Gasteiger partial charge in [-0.2, -0.15) is 4.68 Å². The molecule has 1 amide bonds. The number of amides is 1. The number of rotatable bonds is 6. The molecule has 0 aliphatic heterocycles. The van der Waals surface area contributed by atoms with Crippen LogP contribution in [0.25, 0.3) is 10.9 Å². The third-order valence-electron chi connectivity index (χ3n) is 4.68. The lowest BCUT2D eigenvalue weighted by Crippen LogP contribution is -2.35. The van der Waals surface area contributed by atoms with Crippen molar-refractivity contribution >= 4 is 34.4 Å². The maximum atomic E-state index is 13.0. The molecule has 0 saturated carbocycles.